The average molecular weight is 423 g/mol. The van der Waals surface area contributed by atoms with Crippen molar-refractivity contribution in [1.29, 1.82) is 10.5 Å². The minimum Gasteiger partial charge on any atom is -0.493 e. The van der Waals surface area contributed by atoms with Gasteiger partial charge in [0, 0.05) is 5.02 Å². The molecule has 0 unspecified atom stereocenters. The molecule has 0 aliphatic rings. The SMILES string of the molecule is COc1cc(/C=C(\C#N)S(=O)(=O)c2cc(Cl)ccc2Cl)ccc1OCC#N. The molecule has 6 nitrogen and oxygen atoms in total. The first-order chi connectivity index (χ1) is 12.8. The molecule has 0 N–H and O–H groups in total. The smallest absolute Gasteiger partial charge is 0.218 e. The summed E-state index contributed by atoms with van der Waals surface area (Å²) in [4.78, 5) is -0.773. The summed E-state index contributed by atoms with van der Waals surface area (Å²) in [5.41, 5.74) is 0.384. The zero-order valence-electron chi connectivity index (χ0n) is 13.9. The molecule has 0 heterocycles. The molecule has 0 amide bonds. The van der Waals surface area contributed by atoms with E-state index in [0.29, 0.717) is 11.3 Å². The molecule has 0 bridgehead atoms. The topological polar surface area (TPSA) is 100 Å². The quantitative estimate of drug-likeness (QED) is 0.645. The molecule has 2 rings (SSSR count). The maximum absolute atomic E-state index is 12.8. The highest BCUT2D eigenvalue weighted by atomic mass is 35.5. The molecule has 0 saturated heterocycles. The number of allylic oxidation sites excluding steroid dienone is 1. The van der Waals surface area contributed by atoms with E-state index in [1.807, 2.05) is 6.07 Å². The van der Waals surface area contributed by atoms with Crippen LogP contribution in [0.3, 0.4) is 0 Å². The van der Waals surface area contributed by atoms with E-state index in [-0.39, 0.29) is 27.3 Å². The van der Waals surface area contributed by atoms with Crippen LogP contribution in [0.15, 0.2) is 46.2 Å². The lowest BCUT2D eigenvalue weighted by Crippen LogP contribution is -2.04. The predicted molar refractivity (Wildman–Crippen MR) is 101 cm³/mol. The van der Waals surface area contributed by atoms with E-state index in [4.69, 9.17) is 37.9 Å². The van der Waals surface area contributed by atoms with E-state index in [1.165, 1.54) is 49.6 Å². The first-order valence-electron chi connectivity index (χ1n) is 7.33. The molecule has 0 aliphatic carbocycles. The molecule has 9 heteroatoms. The number of benzene rings is 2. The van der Waals surface area contributed by atoms with Crippen molar-refractivity contribution in [2.45, 2.75) is 4.90 Å². The van der Waals surface area contributed by atoms with Crippen LogP contribution in [0.5, 0.6) is 11.5 Å². The van der Waals surface area contributed by atoms with Crippen LogP contribution in [-0.2, 0) is 9.84 Å². The summed E-state index contributed by atoms with van der Waals surface area (Å²) in [5.74, 6) is 0.602. The van der Waals surface area contributed by atoms with Crippen molar-refractivity contribution in [2.24, 2.45) is 0 Å². The van der Waals surface area contributed by atoms with Crippen LogP contribution in [0, 0.1) is 22.7 Å². The Labute approximate surface area is 166 Å². The molecule has 0 atom stereocenters. The Morgan fingerprint density at radius 1 is 1.15 bits per heavy atom. The van der Waals surface area contributed by atoms with Gasteiger partial charge in [0.15, 0.2) is 18.1 Å². The largest absolute Gasteiger partial charge is 0.493 e. The van der Waals surface area contributed by atoms with Gasteiger partial charge >= 0.3 is 0 Å². The fourth-order valence-corrected chi connectivity index (χ4v) is 4.04. The summed E-state index contributed by atoms with van der Waals surface area (Å²) in [6, 6.07) is 12.0. The van der Waals surface area contributed by atoms with E-state index >= 15 is 0 Å². The zero-order valence-corrected chi connectivity index (χ0v) is 16.3. The summed E-state index contributed by atoms with van der Waals surface area (Å²) in [6.45, 7) is -0.170. The maximum Gasteiger partial charge on any atom is 0.218 e. The Bertz CT molecular complexity index is 1080. The number of halogens is 2. The molecular weight excluding hydrogens is 411 g/mol. The van der Waals surface area contributed by atoms with Crippen LogP contribution in [0.2, 0.25) is 10.0 Å². The van der Waals surface area contributed by atoms with Crippen molar-refractivity contribution < 1.29 is 17.9 Å². The van der Waals surface area contributed by atoms with E-state index < -0.39 is 14.7 Å². The van der Waals surface area contributed by atoms with Gasteiger partial charge in [-0.25, -0.2) is 8.42 Å². The van der Waals surface area contributed by atoms with Crippen molar-refractivity contribution in [2.75, 3.05) is 13.7 Å². The van der Waals surface area contributed by atoms with Crippen LogP contribution < -0.4 is 9.47 Å². The van der Waals surface area contributed by atoms with Gasteiger partial charge < -0.3 is 9.47 Å². The molecule has 0 saturated carbocycles. The van der Waals surface area contributed by atoms with Gasteiger partial charge in [-0.3, -0.25) is 0 Å². The Hall–Kier alpha value is -2.71. The number of sulfone groups is 1. The van der Waals surface area contributed by atoms with Crippen LogP contribution >= 0.6 is 23.2 Å². The number of nitriles is 2. The van der Waals surface area contributed by atoms with Crippen LogP contribution in [0.1, 0.15) is 5.56 Å². The monoisotopic (exact) mass is 422 g/mol. The number of hydrogen-bond acceptors (Lipinski definition) is 6. The van der Waals surface area contributed by atoms with Gasteiger partial charge in [0.1, 0.15) is 17.0 Å². The third-order valence-electron chi connectivity index (χ3n) is 3.36. The predicted octanol–water partition coefficient (Wildman–Crippen LogP) is 4.24. The van der Waals surface area contributed by atoms with Crippen molar-refractivity contribution in [3.63, 3.8) is 0 Å². The Kier molecular flexibility index (Phi) is 6.70. The average Bonchev–Trinajstić information content (AvgIpc) is 2.66. The number of ether oxygens (including phenoxy) is 2. The minimum absolute atomic E-state index is 0.0432. The molecule has 2 aromatic rings. The second kappa shape index (κ2) is 8.79. The fourth-order valence-electron chi connectivity index (χ4n) is 2.13. The maximum atomic E-state index is 12.8. The summed E-state index contributed by atoms with van der Waals surface area (Å²) in [5, 5.41) is 18.1. The second-order valence-electron chi connectivity index (χ2n) is 5.06. The molecule has 0 fully saturated rings. The Balaban J connectivity index is 2.51. The minimum atomic E-state index is -4.18. The number of hydrogen-bond donors (Lipinski definition) is 0. The van der Waals surface area contributed by atoms with Gasteiger partial charge in [0.05, 0.1) is 17.0 Å². The Morgan fingerprint density at radius 3 is 2.52 bits per heavy atom. The summed E-state index contributed by atoms with van der Waals surface area (Å²) in [6.07, 6.45) is 1.18. The summed E-state index contributed by atoms with van der Waals surface area (Å²) >= 11 is 11.8. The zero-order chi connectivity index (χ0) is 20.0. The van der Waals surface area contributed by atoms with Crippen LogP contribution in [0.25, 0.3) is 6.08 Å². The lowest BCUT2D eigenvalue weighted by molar-refractivity contribution is 0.329. The highest BCUT2D eigenvalue weighted by molar-refractivity contribution is 7.95. The van der Waals surface area contributed by atoms with Gasteiger partial charge in [0.2, 0.25) is 9.84 Å². The van der Waals surface area contributed by atoms with Crippen molar-refractivity contribution in [3.05, 3.63) is 56.9 Å². The van der Waals surface area contributed by atoms with Gasteiger partial charge in [-0.05, 0) is 42.0 Å². The molecule has 0 spiro atoms. The first kappa shape index (κ1) is 20.6. The summed E-state index contributed by atoms with van der Waals surface area (Å²) in [7, 11) is -2.78. The molecule has 2 aromatic carbocycles. The fraction of sp³-hybridized carbons (Fsp3) is 0.111. The third-order valence-corrected chi connectivity index (χ3v) is 5.74. The molecular formula is C18H12Cl2N2O4S. The van der Waals surface area contributed by atoms with Crippen LogP contribution in [0.4, 0.5) is 0 Å². The number of methoxy groups -OCH3 is 1. The molecule has 27 heavy (non-hydrogen) atoms. The molecule has 0 radical (unpaired) electrons. The first-order valence-corrected chi connectivity index (χ1v) is 9.57. The van der Waals surface area contributed by atoms with Crippen molar-refractivity contribution in [1.82, 2.24) is 0 Å². The molecule has 138 valence electrons. The van der Waals surface area contributed by atoms with Crippen molar-refractivity contribution >= 4 is 39.1 Å². The number of nitrogens with zero attached hydrogens (tertiary/aromatic N) is 2. The lowest BCUT2D eigenvalue weighted by Gasteiger charge is -2.09. The van der Waals surface area contributed by atoms with Gasteiger partial charge in [0.25, 0.3) is 0 Å². The molecule has 0 aliphatic heterocycles. The van der Waals surface area contributed by atoms with E-state index in [9.17, 15) is 13.7 Å². The van der Waals surface area contributed by atoms with E-state index in [0.717, 1.165) is 0 Å². The normalized spacial score (nSPS) is 11.4. The number of rotatable bonds is 6. The van der Waals surface area contributed by atoms with E-state index in [1.54, 1.807) is 6.07 Å². The highest BCUT2D eigenvalue weighted by Gasteiger charge is 2.24. The van der Waals surface area contributed by atoms with Gasteiger partial charge in [-0.2, -0.15) is 10.5 Å². The lowest BCUT2D eigenvalue weighted by atomic mass is 10.2. The molecule has 0 aromatic heterocycles. The van der Waals surface area contributed by atoms with Crippen molar-refractivity contribution in [3.8, 4) is 23.6 Å². The van der Waals surface area contributed by atoms with E-state index in [2.05, 4.69) is 0 Å². The standard InChI is InChI=1S/C18H12Cl2N2O4S/c1-25-17-9-12(2-5-16(17)26-7-6-21)8-14(11-22)27(23,24)18-10-13(19)3-4-15(18)20/h2-5,8-10H,7H2,1H3/b14-8+. The highest BCUT2D eigenvalue weighted by Crippen LogP contribution is 2.32. The third kappa shape index (κ3) is 4.72. The Morgan fingerprint density at radius 2 is 1.89 bits per heavy atom. The summed E-state index contributed by atoms with van der Waals surface area (Å²) < 4.78 is 35.9. The second-order valence-corrected chi connectivity index (χ2v) is 7.79. The van der Waals surface area contributed by atoms with Gasteiger partial charge in [-0.15, -0.1) is 0 Å². The van der Waals surface area contributed by atoms with Gasteiger partial charge in [-0.1, -0.05) is 29.3 Å². The van der Waals surface area contributed by atoms with Crippen LogP contribution in [-0.4, -0.2) is 22.1 Å².